The highest BCUT2D eigenvalue weighted by atomic mass is 127. The molecule has 1 aliphatic heterocycles. The van der Waals surface area contributed by atoms with Crippen molar-refractivity contribution in [2.45, 2.75) is 70.4 Å². The maximum absolute atomic E-state index is 11.9. The molecule has 0 unspecified atom stereocenters. The summed E-state index contributed by atoms with van der Waals surface area (Å²) in [5.74, 6) is 0.815. The molecule has 2 rings (SSSR count). The Labute approximate surface area is 176 Å². The van der Waals surface area contributed by atoms with E-state index in [9.17, 15) is 4.79 Å². The van der Waals surface area contributed by atoms with Gasteiger partial charge in [-0.15, -0.1) is 24.0 Å². The molecule has 0 radical (unpaired) electrons. The molecule has 0 aromatic rings. The number of aliphatic imine (C=N–C) groups is 1. The summed E-state index contributed by atoms with van der Waals surface area (Å²) in [6.07, 6.45) is 8.88. The molecular formula is C19H38IN5O. The lowest BCUT2D eigenvalue weighted by atomic mass is 9.98. The van der Waals surface area contributed by atoms with E-state index in [2.05, 4.69) is 34.4 Å². The van der Waals surface area contributed by atoms with E-state index in [1.165, 1.54) is 58.0 Å². The summed E-state index contributed by atoms with van der Waals surface area (Å²) in [6, 6.07) is 0.485. The lowest BCUT2D eigenvalue weighted by Gasteiger charge is -2.41. The topological polar surface area (TPSA) is 60.0 Å². The number of nitrogens with one attached hydrogen (secondary N) is 2. The molecule has 152 valence electrons. The minimum atomic E-state index is 0. The number of rotatable bonds is 6. The third-order valence-electron chi connectivity index (χ3n) is 5.47. The van der Waals surface area contributed by atoms with Crippen LogP contribution in [-0.4, -0.2) is 73.5 Å². The van der Waals surface area contributed by atoms with Crippen molar-refractivity contribution < 1.29 is 4.79 Å². The number of amides is 1. The average molecular weight is 479 g/mol. The highest BCUT2D eigenvalue weighted by molar-refractivity contribution is 14.0. The molecule has 1 heterocycles. The molecule has 1 saturated heterocycles. The third kappa shape index (κ3) is 7.58. The molecule has 0 aromatic heterocycles. The van der Waals surface area contributed by atoms with Crippen molar-refractivity contribution in [3.05, 3.63) is 0 Å². The zero-order valence-corrected chi connectivity index (χ0v) is 19.3. The Hall–Kier alpha value is -0.570. The van der Waals surface area contributed by atoms with Gasteiger partial charge in [0, 0.05) is 32.2 Å². The summed E-state index contributed by atoms with van der Waals surface area (Å²) < 4.78 is 0. The third-order valence-corrected chi connectivity index (χ3v) is 5.47. The molecule has 0 spiro atoms. The number of halogens is 1. The van der Waals surface area contributed by atoms with Gasteiger partial charge >= 0.3 is 0 Å². The van der Waals surface area contributed by atoms with E-state index in [4.69, 9.17) is 0 Å². The zero-order valence-electron chi connectivity index (χ0n) is 17.0. The Morgan fingerprint density at radius 1 is 1.12 bits per heavy atom. The Kier molecular flexibility index (Phi) is 10.2. The second-order valence-corrected chi connectivity index (χ2v) is 8.29. The van der Waals surface area contributed by atoms with Gasteiger partial charge in [-0.05, 0) is 52.6 Å². The van der Waals surface area contributed by atoms with Gasteiger partial charge in [-0.1, -0.05) is 19.3 Å². The zero-order chi connectivity index (χ0) is 18.3. The van der Waals surface area contributed by atoms with Gasteiger partial charge in [0.1, 0.15) is 6.54 Å². The number of guanidine groups is 1. The molecule has 0 aromatic carbocycles. The number of carbonyl (C=O) groups excluding carboxylic acids is 1. The van der Waals surface area contributed by atoms with Gasteiger partial charge in [-0.2, -0.15) is 0 Å². The fraction of sp³-hybridized carbons (Fsp3) is 0.895. The molecule has 2 aliphatic rings. The summed E-state index contributed by atoms with van der Waals surface area (Å²) in [6.45, 7) is 7.97. The van der Waals surface area contributed by atoms with Crippen LogP contribution < -0.4 is 10.6 Å². The first-order valence-electron chi connectivity index (χ1n) is 9.88. The number of likely N-dealkylation sites (N-methyl/N-ethyl adjacent to an activating group) is 1. The number of piperidine rings is 1. The number of hydrogen-bond acceptors (Lipinski definition) is 3. The van der Waals surface area contributed by atoms with Crippen LogP contribution in [0.4, 0.5) is 0 Å². The van der Waals surface area contributed by atoms with Gasteiger partial charge in [-0.25, -0.2) is 4.99 Å². The minimum Gasteiger partial charge on any atom is -0.355 e. The van der Waals surface area contributed by atoms with Crippen molar-refractivity contribution in [3.8, 4) is 0 Å². The average Bonchev–Trinajstić information content (AvgIpc) is 3.10. The molecule has 1 amide bonds. The van der Waals surface area contributed by atoms with Crippen molar-refractivity contribution in [3.63, 3.8) is 0 Å². The van der Waals surface area contributed by atoms with Crippen molar-refractivity contribution in [1.29, 1.82) is 0 Å². The first-order chi connectivity index (χ1) is 11.9. The van der Waals surface area contributed by atoms with E-state index in [-0.39, 0.29) is 42.0 Å². The SMILES string of the molecule is CN(C)C(=O)CN=C(NCC(C)(C)N1CCCCC1)NC1CCCC1.I. The van der Waals surface area contributed by atoms with Crippen molar-refractivity contribution >= 4 is 35.8 Å². The molecule has 0 bridgehead atoms. The van der Waals surface area contributed by atoms with Gasteiger partial charge < -0.3 is 15.5 Å². The molecule has 7 heteroatoms. The van der Waals surface area contributed by atoms with Crippen LogP contribution in [0.3, 0.4) is 0 Å². The predicted molar refractivity (Wildman–Crippen MR) is 119 cm³/mol. The molecule has 6 nitrogen and oxygen atoms in total. The maximum atomic E-state index is 11.9. The number of likely N-dealkylation sites (tertiary alicyclic amines) is 1. The van der Waals surface area contributed by atoms with Crippen LogP contribution in [0.2, 0.25) is 0 Å². The van der Waals surface area contributed by atoms with Crippen LogP contribution in [-0.2, 0) is 4.79 Å². The van der Waals surface area contributed by atoms with Gasteiger partial charge in [0.25, 0.3) is 0 Å². The first-order valence-corrected chi connectivity index (χ1v) is 9.88. The summed E-state index contributed by atoms with van der Waals surface area (Å²) in [4.78, 5) is 20.6. The Morgan fingerprint density at radius 3 is 2.31 bits per heavy atom. The Morgan fingerprint density at radius 2 is 1.73 bits per heavy atom. The molecule has 1 aliphatic carbocycles. The normalized spacial score (nSPS) is 19.8. The minimum absolute atomic E-state index is 0. The van der Waals surface area contributed by atoms with E-state index in [1.54, 1.807) is 19.0 Å². The van der Waals surface area contributed by atoms with Gasteiger partial charge in [-0.3, -0.25) is 9.69 Å². The van der Waals surface area contributed by atoms with E-state index in [0.29, 0.717) is 6.04 Å². The molecular weight excluding hydrogens is 441 g/mol. The van der Waals surface area contributed by atoms with Gasteiger partial charge in [0.05, 0.1) is 0 Å². The summed E-state index contributed by atoms with van der Waals surface area (Å²) in [5.41, 5.74) is 0.0874. The summed E-state index contributed by atoms with van der Waals surface area (Å²) >= 11 is 0. The first kappa shape index (κ1) is 23.5. The number of hydrogen-bond donors (Lipinski definition) is 2. The molecule has 26 heavy (non-hydrogen) atoms. The van der Waals surface area contributed by atoms with Gasteiger partial charge in [0.15, 0.2) is 5.96 Å². The molecule has 0 atom stereocenters. The lowest BCUT2D eigenvalue weighted by molar-refractivity contribution is -0.127. The molecule has 1 saturated carbocycles. The highest BCUT2D eigenvalue weighted by Crippen LogP contribution is 2.20. The fourth-order valence-corrected chi connectivity index (χ4v) is 3.62. The quantitative estimate of drug-likeness (QED) is 0.349. The van der Waals surface area contributed by atoms with Crippen molar-refractivity contribution in [1.82, 2.24) is 20.4 Å². The number of nitrogens with zero attached hydrogens (tertiary/aromatic N) is 3. The summed E-state index contributed by atoms with van der Waals surface area (Å²) in [7, 11) is 3.55. The van der Waals surface area contributed by atoms with Crippen LogP contribution in [0.15, 0.2) is 4.99 Å². The second-order valence-electron chi connectivity index (χ2n) is 8.29. The molecule has 2 fully saturated rings. The largest absolute Gasteiger partial charge is 0.355 e. The summed E-state index contributed by atoms with van der Waals surface area (Å²) in [5, 5.41) is 7.04. The van der Waals surface area contributed by atoms with Gasteiger partial charge in [0.2, 0.25) is 5.91 Å². The Balaban J connectivity index is 0.00000338. The number of carbonyl (C=O) groups is 1. The van der Waals surface area contributed by atoms with Crippen molar-refractivity contribution in [2.24, 2.45) is 4.99 Å². The van der Waals surface area contributed by atoms with Crippen LogP contribution in [0.25, 0.3) is 0 Å². The smallest absolute Gasteiger partial charge is 0.243 e. The van der Waals surface area contributed by atoms with Crippen LogP contribution in [0.1, 0.15) is 58.8 Å². The van der Waals surface area contributed by atoms with E-state index in [1.807, 2.05) is 0 Å². The Bertz CT molecular complexity index is 455. The lowest BCUT2D eigenvalue weighted by Crippen LogP contribution is -2.55. The van der Waals surface area contributed by atoms with Crippen molar-refractivity contribution in [2.75, 3.05) is 40.3 Å². The second kappa shape index (κ2) is 11.3. The monoisotopic (exact) mass is 479 g/mol. The van der Waals surface area contributed by atoms with Crippen LogP contribution in [0.5, 0.6) is 0 Å². The molecule has 2 N–H and O–H groups in total. The van der Waals surface area contributed by atoms with Crippen LogP contribution in [0, 0.1) is 0 Å². The maximum Gasteiger partial charge on any atom is 0.243 e. The highest BCUT2D eigenvalue weighted by Gasteiger charge is 2.28. The van der Waals surface area contributed by atoms with E-state index >= 15 is 0 Å². The predicted octanol–water partition coefficient (Wildman–Crippen LogP) is 2.43. The van der Waals surface area contributed by atoms with E-state index < -0.39 is 0 Å². The standard InChI is InChI=1S/C19H37N5O.HI/c1-19(2,24-12-8-5-9-13-24)15-21-18(20-14-17(25)23(3)4)22-16-10-6-7-11-16;/h16H,5-15H2,1-4H3,(H2,20,21,22);1H. The fourth-order valence-electron chi connectivity index (χ4n) is 3.62. The van der Waals surface area contributed by atoms with Crippen LogP contribution >= 0.6 is 24.0 Å². The van der Waals surface area contributed by atoms with E-state index in [0.717, 1.165) is 12.5 Å².